The van der Waals surface area contributed by atoms with Crippen molar-refractivity contribution in [1.29, 1.82) is 0 Å². The van der Waals surface area contributed by atoms with E-state index in [0.717, 1.165) is 23.7 Å². The molecule has 0 spiro atoms. The molecule has 1 fully saturated rings. The van der Waals surface area contributed by atoms with Crippen LogP contribution in [0.4, 0.5) is 0 Å². The Hall–Kier alpha value is -1.55. The van der Waals surface area contributed by atoms with Gasteiger partial charge in [0.05, 0.1) is 13.2 Å². The molecule has 0 bridgehead atoms. The number of hydrogen-bond acceptors (Lipinski definition) is 3. The summed E-state index contributed by atoms with van der Waals surface area (Å²) in [5.41, 5.74) is 1.21. The molecule has 0 atom stereocenters. The molecule has 17 heavy (non-hydrogen) atoms. The molecule has 1 aliphatic carbocycles. The second-order valence-corrected chi connectivity index (χ2v) is 4.46. The second-order valence-electron chi connectivity index (χ2n) is 4.46. The molecule has 92 valence electrons. The van der Waals surface area contributed by atoms with Crippen molar-refractivity contribution in [2.75, 3.05) is 7.11 Å². The van der Waals surface area contributed by atoms with Crippen LogP contribution in [0.25, 0.3) is 0 Å². The third-order valence-corrected chi connectivity index (χ3v) is 3.35. The maximum absolute atomic E-state index is 11.0. The summed E-state index contributed by atoms with van der Waals surface area (Å²) in [7, 11) is 1.65. The highest BCUT2D eigenvalue weighted by molar-refractivity contribution is 5.72. The van der Waals surface area contributed by atoms with E-state index in [0.29, 0.717) is 5.92 Å². The standard InChI is InChI=1S/C13H17NO3/c1-9(15)14(16)12-6-11(7-12)10-4-3-5-13(8-10)17-2/h3-5,8,11-12,16H,6-7H2,1-2H3. The van der Waals surface area contributed by atoms with Crippen LogP contribution in [0.15, 0.2) is 24.3 Å². The van der Waals surface area contributed by atoms with Crippen LogP contribution >= 0.6 is 0 Å². The van der Waals surface area contributed by atoms with Gasteiger partial charge in [0.2, 0.25) is 5.91 Å². The van der Waals surface area contributed by atoms with E-state index in [9.17, 15) is 10.0 Å². The molecule has 0 radical (unpaired) electrons. The fourth-order valence-corrected chi connectivity index (χ4v) is 2.21. The Bertz CT molecular complexity index is 413. The van der Waals surface area contributed by atoms with Crippen molar-refractivity contribution in [3.05, 3.63) is 29.8 Å². The fourth-order valence-electron chi connectivity index (χ4n) is 2.21. The zero-order chi connectivity index (χ0) is 12.4. The van der Waals surface area contributed by atoms with E-state index >= 15 is 0 Å². The third kappa shape index (κ3) is 2.42. The van der Waals surface area contributed by atoms with Gasteiger partial charge in [-0.05, 0) is 36.5 Å². The van der Waals surface area contributed by atoms with Gasteiger partial charge in [-0.15, -0.1) is 0 Å². The Kier molecular flexibility index (Phi) is 3.33. The van der Waals surface area contributed by atoms with Gasteiger partial charge in [-0.1, -0.05) is 12.1 Å². The van der Waals surface area contributed by atoms with Crippen LogP contribution in [0.2, 0.25) is 0 Å². The molecule has 0 aromatic heterocycles. The van der Waals surface area contributed by atoms with Gasteiger partial charge in [0, 0.05) is 6.92 Å². The summed E-state index contributed by atoms with van der Waals surface area (Å²) in [6.45, 7) is 1.37. The summed E-state index contributed by atoms with van der Waals surface area (Å²) in [4.78, 5) is 11.0. The van der Waals surface area contributed by atoms with Gasteiger partial charge in [0.15, 0.2) is 0 Å². The van der Waals surface area contributed by atoms with Crippen LogP contribution in [0, 0.1) is 0 Å². The first-order valence-corrected chi connectivity index (χ1v) is 5.74. The molecule has 1 aromatic carbocycles. The largest absolute Gasteiger partial charge is 0.497 e. The first kappa shape index (κ1) is 11.9. The molecule has 0 saturated heterocycles. The van der Waals surface area contributed by atoms with Crippen molar-refractivity contribution in [3.8, 4) is 5.75 Å². The number of benzene rings is 1. The van der Waals surface area contributed by atoms with Gasteiger partial charge in [-0.2, -0.15) is 0 Å². The highest BCUT2D eigenvalue weighted by Gasteiger charge is 2.35. The van der Waals surface area contributed by atoms with Gasteiger partial charge >= 0.3 is 0 Å². The fraction of sp³-hybridized carbons (Fsp3) is 0.462. The topological polar surface area (TPSA) is 49.8 Å². The van der Waals surface area contributed by atoms with Crippen molar-refractivity contribution in [2.24, 2.45) is 0 Å². The quantitative estimate of drug-likeness (QED) is 0.645. The molecule has 1 saturated carbocycles. The maximum Gasteiger partial charge on any atom is 0.243 e. The monoisotopic (exact) mass is 235 g/mol. The van der Waals surface area contributed by atoms with Crippen LogP contribution in [0.5, 0.6) is 5.75 Å². The Morgan fingerprint density at radius 1 is 1.47 bits per heavy atom. The van der Waals surface area contributed by atoms with Crippen LogP contribution in [0.1, 0.15) is 31.2 Å². The number of hydrogen-bond donors (Lipinski definition) is 1. The van der Waals surface area contributed by atoms with Crippen molar-refractivity contribution in [3.63, 3.8) is 0 Å². The van der Waals surface area contributed by atoms with Gasteiger partial charge in [-0.25, -0.2) is 5.06 Å². The van der Waals surface area contributed by atoms with E-state index in [4.69, 9.17) is 4.74 Å². The summed E-state index contributed by atoms with van der Waals surface area (Å²) < 4.78 is 5.17. The van der Waals surface area contributed by atoms with E-state index < -0.39 is 0 Å². The molecule has 4 nitrogen and oxygen atoms in total. The minimum Gasteiger partial charge on any atom is -0.497 e. The first-order valence-electron chi connectivity index (χ1n) is 5.74. The molecule has 1 amide bonds. The lowest BCUT2D eigenvalue weighted by Crippen LogP contribution is -2.44. The molecule has 1 aromatic rings. The van der Waals surface area contributed by atoms with Gasteiger partial charge < -0.3 is 4.74 Å². The summed E-state index contributed by atoms with van der Waals surface area (Å²) in [6.07, 6.45) is 1.62. The molecule has 0 aliphatic heterocycles. The van der Waals surface area contributed by atoms with Crippen LogP contribution in [-0.2, 0) is 4.79 Å². The number of methoxy groups -OCH3 is 1. The minimum atomic E-state index is -0.293. The smallest absolute Gasteiger partial charge is 0.243 e. The molecule has 0 unspecified atom stereocenters. The summed E-state index contributed by atoms with van der Waals surface area (Å²) in [6, 6.07) is 7.90. The normalized spacial score (nSPS) is 22.8. The number of carbonyl (C=O) groups is 1. The Morgan fingerprint density at radius 3 is 2.76 bits per heavy atom. The number of amides is 1. The van der Waals surface area contributed by atoms with Crippen molar-refractivity contribution in [2.45, 2.75) is 31.7 Å². The lowest BCUT2D eigenvalue weighted by molar-refractivity contribution is -0.181. The second kappa shape index (κ2) is 4.75. The minimum absolute atomic E-state index is 0.0382. The van der Waals surface area contributed by atoms with Crippen molar-refractivity contribution < 1.29 is 14.7 Å². The third-order valence-electron chi connectivity index (χ3n) is 3.35. The number of rotatable bonds is 3. The van der Waals surface area contributed by atoms with E-state index in [2.05, 4.69) is 6.07 Å². The van der Waals surface area contributed by atoms with Crippen LogP contribution < -0.4 is 4.74 Å². The highest BCUT2D eigenvalue weighted by atomic mass is 16.5. The molecule has 2 rings (SSSR count). The number of carbonyl (C=O) groups excluding carboxylic acids is 1. The molecular formula is C13H17NO3. The maximum atomic E-state index is 11.0. The molecule has 0 heterocycles. The van der Waals surface area contributed by atoms with Crippen molar-refractivity contribution >= 4 is 5.91 Å². The summed E-state index contributed by atoms with van der Waals surface area (Å²) in [5.74, 6) is 0.960. The van der Waals surface area contributed by atoms with Crippen molar-refractivity contribution in [1.82, 2.24) is 5.06 Å². The molecular weight excluding hydrogens is 218 g/mol. The Labute approximate surface area is 101 Å². The van der Waals surface area contributed by atoms with E-state index in [-0.39, 0.29) is 11.9 Å². The SMILES string of the molecule is COc1cccc(C2CC(N(O)C(C)=O)C2)c1. The number of nitrogens with zero attached hydrogens (tertiary/aromatic N) is 1. The molecule has 1 aliphatic rings. The predicted octanol–water partition coefficient (Wildman–Crippen LogP) is 2.18. The summed E-state index contributed by atoms with van der Waals surface area (Å²) >= 11 is 0. The number of ether oxygens (including phenoxy) is 1. The zero-order valence-corrected chi connectivity index (χ0v) is 10.1. The Morgan fingerprint density at radius 2 is 2.18 bits per heavy atom. The summed E-state index contributed by atoms with van der Waals surface area (Å²) in [5, 5.41) is 10.3. The predicted molar refractivity (Wildman–Crippen MR) is 63.1 cm³/mol. The zero-order valence-electron chi connectivity index (χ0n) is 10.1. The average Bonchev–Trinajstić information content (AvgIpc) is 2.27. The average molecular weight is 235 g/mol. The first-order chi connectivity index (χ1) is 8.11. The molecule has 4 heteroatoms. The number of hydroxylamine groups is 2. The van der Waals surface area contributed by atoms with Gasteiger partial charge in [-0.3, -0.25) is 10.0 Å². The van der Waals surface area contributed by atoms with E-state index in [1.165, 1.54) is 12.5 Å². The lowest BCUT2D eigenvalue weighted by atomic mass is 9.75. The van der Waals surface area contributed by atoms with E-state index in [1.807, 2.05) is 18.2 Å². The van der Waals surface area contributed by atoms with Crippen LogP contribution in [-0.4, -0.2) is 29.3 Å². The van der Waals surface area contributed by atoms with Crippen LogP contribution in [0.3, 0.4) is 0 Å². The Balaban J connectivity index is 1.97. The molecule has 1 N–H and O–H groups in total. The lowest BCUT2D eigenvalue weighted by Gasteiger charge is -2.39. The van der Waals surface area contributed by atoms with Gasteiger partial charge in [0.25, 0.3) is 0 Å². The highest BCUT2D eigenvalue weighted by Crippen LogP contribution is 2.40. The van der Waals surface area contributed by atoms with E-state index in [1.54, 1.807) is 7.11 Å². The van der Waals surface area contributed by atoms with Gasteiger partial charge in [0.1, 0.15) is 5.75 Å².